The Morgan fingerprint density at radius 2 is 1.71 bits per heavy atom. The van der Waals surface area contributed by atoms with Crippen LogP contribution in [0, 0.1) is 11.8 Å². The van der Waals surface area contributed by atoms with Gasteiger partial charge in [-0.3, -0.25) is 9.78 Å². The van der Waals surface area contributed by atoms with Gasteiger partial charge in [-0.25, -0.2) is 0 Å². The average Bonchev–Trinajstić information content (AvgIpc) is 2.57. The van der Waals surface area contributed by atoms with Gasteiger partial charge in [0.2, 0.25) is 5.91 Å². The molecule has 114 valence electrons. The molecule has 3 rings (SSSR count). The molecule has 0 N–H and O–H groups in total. The Labute approximate surface area is 127 Å². The highest BCUT2D eigenvalue weighted by Gasteiger charge is 2.28. The number of hydrogen-bond acceptors (Lipinski definition) is 2. The van der Waals surface area contributed by atoms with Crippen LogP contribution in [0.15, 0.2) is 24.5 Å². The number of carbonyl (C=O) groups is 1. The fourth-order valence-electron chi connectivity index (χ4n) is 3.82. The third-order valence-electron chi connectivity index (χ3n) is 5.15. The monoisotopic (exact) mass is 286 g/mol. The minimum atomic E-state index is 0.329. The van der Waals surface area contributed by atoms with Gasteiger partial charge in [0.25, 0.3) is 0 Å². The van der Waals surface area contributed by atoms with Crippen LogP contribution in [0.2, 0.25) is 0 Å². The number of aromatic nitrogens is 1. The van der Waals surface area contributed by atoms with E-state index in [1.807, 2.05) is 12.4 Å². The topological polar surface area (TPSA) is 33.2 Å². The van der Waals surface area contributed by atoms with E-state index in [1.54, 1.807) is 0 Å². The quantitative estimate of drug-likeness (QED) is 0.852. The van der Waals surface area contributed by atoms with Gasteiger partial charge in [0.1, 0.15) is 0 Å². The highest BCUT2D eigenvalue weighted by atomic mass is 16.2. The number of amides is 1. The molecule has 1 aliphatic heterocycles. The molecule has 1 saturated heterocycles. The molecule has 1 aromatic rings. The standard InChI is InChI=1S/C18H26N2O/c21-18(17-4-2-1-3-5-17)20-12-8-16(9-13-20)14-15-6-10-19-11-7-15/h6-7,10-11,16-17H,1-5,8-9,12-14H2. The van der Waals surface area contributed by atoms with Crippen LogP contribution in [0.5, 0.6) is 0 Å². The summed E-state index contributed by atoms with van der Waals surface area (Å²) in [5.74, 6) is 1.50. The Kier molecular flexibility index (Phi) is 4.89. The molecule has 3 heteroatoms. The van der Waals surface area contributed by atoms with Crippen LogP contribution in [-0.2, 0) is 11.2 Å². The molecule has 2 heterocycles. The van der Waals surface area contributed by atoms with Crippen molar-refractivity contribution in [1.82, 2.24) is 9.88 Å². The van der Waals surface area contributed by atoms with Gasteiger partial charge in [-0.1, -0.05) is 19.3 Å². The van der Waals surface area contributed by atoms with Crippen molar-refractivity contribution in [3.05, 3.63) is 30.1 Å². The average molecular weight is 286 g/mol. The van der Waals surface area contributed by atoms with E-state index in [-0.39, 0.29) is 0 Å². The predicted octanol–water partition coefficient (Wildman–Crippen LogP) is 3.44. The maximum atomic E-state index is 12.5. The number of piperidine rings is 1. The molecule has 2 aliphatic rings. The molecule has 0 spiro atoms. The molecule has 1 aromatic heterocycles. The Morgan fingerprint density at radius 3 is 2.38 bits per heavy atom. The number of hydrogen-bond donors (Lipinski definition) is 0. The molecule has 0 radical (unpaired) electrons. The van der Waals surface area contributed by atoms with E-state index >= 15 is 0 Å². The normalized spacial score (nSPS) is 21.4. The van der Waals surface area contributed by atoms with E-state index in [0.717, 1.165) is 51.1 Å². The number of rotatable bonds is 3. The first-order valence-corrected chi connectivity index (χ1v) is 8.50. The lowest BCUT2D eigenvalue weighted by atomic mass is 9.86. The van der Waals surface area contributed by atoms with Crippen molar-refractivity contribution in [3.63, 3.8) is 0 Å². The molecule has 0 atom stereocenters. The molecular weight excluding hydrogens is 260 g/mol. The van der Waals surface area contributed by atoms with Crippen molar-refractivity contribution in [1.29, 1.82) is 0 Å². The number of nitrogens with zero attached hydrogens (tertiary/aromatic N) is 2. The van der Waals surface area contributed by atoms with E-state index in [1.165, 1.54) is 24.8 Å². The number of pyridine rings is 1. The maximum Gasteiger partial charge on any atom is 0.225 e. The van der Waals surface area contributed by atoms with Crippen molar-refractivity contribution < 1.29 is 4.79 Å². The Morgan fingerprint density at radius 1 is 1.05 bits per heavy atom. The molecule has 1 amide bonds. The fraction of sp³-hybridized carbons (Fsp3) is 0.667. The van der Waals surface area contributed by atoms with E-state index < -0.39 is 0 Å². The minimum absolute atomic E-state index is 0.329. The molecule has 1 saturated carbocycles. The zero-order valence-corrected chi connectivity index (χ0v) is 12.8. The molecule has 0 unspecified atom stereocenters. The zero-order chi connectivity index (χ0) is 14.5. The Hall–Kier alpha value is -1.38. The first-order chi connectivity index (χ1) is 10.3. The predicted molar refractivity (Wildman–Crippen MR) is 83.8 cm³/mol. The van der Waals surface area contributed by atoms with Gasteiger partial charge in [-0.15, -0.1) is 0 Å². The molecule has 0 aromatic carbocycles. The van der Waals surface area contributed by atoms with E-state index in [0.29, 0.717) is 11.8 Å². The van der Waals surface area contributed by atoms with Crippen LogP contribution in [0.4, 0.5) is 0 Å². The molecular formula is C18H26N2O. The molecule has 3 nitrogen and oxygen atoms in total. The van der Waals surface area contributed by atoms with Gasteiger partial charge < -0.3 is 4.90 Å². The first kappa shape index (κ1) is 14.6. The summed E-state index contributed by atoms with van der Waals surface area (Å²) in [5.41, 5.74) is 1.38. The van der Waals surface area contributed by atoms with Crippen LogP contribution in [-0.4, -0.2) is 28.9 Å². The number of likely N-dealkylation sites (tertiary alicyclic amines) is 1. The van der Waals surface area contributed by atoms with Gasteiger partial charge in [-0.05, 0) is 55.7 Å². The van der Waals surface area contributed by atoms with Gasteiger partial charge in [-0.2, -0.15) is 0 Å². The van der Waals surface area contributed by atoms with Gasteiger partial charge in [0.15, 0.2) is 0 Å². The summed E-state index contributed by atoms with van der Waals surface area (Å²) in [6, 6.07) is 4.22. The minimum Gasteiger partial charge on any atom is -0.342 e. The zero-order valence-electron chi connectivity index (χ0n) is 12.8. The van der Waals surface area contributed by atoms with E-state index in [2.05, 4.69) is 22.0 Å². The van der Waals surface area contributed by atoms with Gasteiger partial charge in [0, 0.05) is 31.4 Å². The lowest BCUT2D eigenvalue weighted by molar-refractivity contribution is -0.138. The van der Waals surface area contributed by atoms with E-state index in [4.69, 9.17) is 0 Å². The summed E-state index contributed by atoms with van der Waals surface area (Å²) in [5, 5.41) is 0. The summed E-state index contributed by atoms with van der Waals surface area (Å²) in [6.07, 6.45) is 13.2. The van der Waals surface area contributed by atoms with Crippen LogP contribution >= 0.6 is 0 Å². The van der Waals surface area contributed by atoms with E-state index in [9.17, 15) is 4.79 Å². The van der Waals surface area contributed by atoms with Gasteiger partial charge >= 0.3 is 0 Å². The highest BCUT2D eigenvalue weighted by Crippen LogP contribution is 2.28. The lowest BCUT2D eigenvalue weighted by Gasteiger charge is -2.35. The van der Waals surface area contributed by atoms with Gasteiger partial charge in [0.05, 0.1) is 0 Å². The summed E-state index contributed by atoms with van der Waals surface area (Å²) in [4.78, 5) is 18.7. The van der Waals surface area contributed by atoms with Crippen molar-refractivity contribution >= 4 is 5.91 Å². The van der Waals surface area contributed by atoms with Crippen LogP contribution in [0.1, 0.15) is 50.5 Å². The van der Waals surface area contributed by atoms with Crippen LogP contribution in [0.25, 0.3) is 0 Å². The van der Waals surface area contributed by atoms with Crippen molar-refractivity contribution in [2.24, 2.45) is 11.8 Å². The van der Waals surface area contributed by atoms with Crippen molar-refractivity contribution in [3.8, 4) is 0 Å². The van der Waals surface area contributed by atoms with Crippen LogP contribution < -0.4 is 0 Å². The SMILES string of the molecule is O=C(C1CCCCC1)N1CCC(Cc2ccncc2)CC1. The molecule has 1 aliphatic carbocycles. The summed E-state index contributed by atoms with van der Waals surface area (Å²) in [7, 11) is 0. The second-order valence-corrected chi connectivity index (χ2v) is 6.66. The fourth-order valence-corrected chi connectivity index (χ4v) is 3.82. The van der Waals surface area contributed by atoms with Crippen LogP contribution in [0.3, 0.4) is 0 Å². The summed E-state index contributed by atoms with van der Waals surface area (Å²) >= 11 is 0. The summed E-state index contributed by atoms with van der Waals surface area (Å²) in [6.45, 7) is 1.93. The smallest absolute Gasteiger partial charge is 0.225 e. The summed E-state index contributed by atoms with van der Waals surface area (Å²) < 4.78 is 0. The maximum absolute atomic E-state index is 12.5. The molecule has 0 bridgehead atoms. The molecule has 2 fully saturated rings. The first-order valence-electron chi connectivity index (χ1n) is 8.50. The number of carbonyl (C=O) groups excluding carboxylic acids is 1. The Balaban J connectivity index is 1.47. The third-order valence-corrected chi connectivity index (χ3v) is 5.15. The third kappa shape index (κ3) is 3.84. The lowest BCUT2D eigenvalue weighted by Crippen LogP contribution is -2.42. The van der Waals surface area contributed by atoms with Crippen molar-refractivity contribution in [2.75, 3.05) is 13.1 Å². The second kappa shape index (κ2) is 7.06. The Bertz CT molecular complexity index is 446. The van der Waals surface area contributed by atoms with Crippen molar-refractivity contribution in [2.45, 2.75) is 51.4 Å². The highest BCUT2D eigenvalue weighted by molar-refractivity contribution is 5.79. The molecule has 21 heavy (non-hydrogen) atoms. The second-order valence-electron chi connectivity index (χ2n) is 6.66. The largest absolute Gasteiger partial charge is 0.342 e.